The van der Waals surface area contributed by atoms with Crippen LogP contribution in [0.3, 0.4) is 0 Å². The van der Waals surface area contributed by atoms with Crippen LogP contribution >= 0.6 is 0 Å². The predicted molar refractivity (Wildman–Crippen MR) is 92.5 cm³/mol. The Morgan fingerprint density at radius 1 is 1.22 bits per heavy atom. The van der Waals surface area contributed by atoms with Crippen molar-refractivity contribution < 1.29 is 32.2 Å². The Morgan fingerprint density at radius 3 is 2.30 bits per heavy atom. The number of nitrogens with zero attached hydrogens (tertiary/aromatic N) is 1. The molecule has 1 N–H and O–H groups in total. The van der Waals surface area contributed by atoms with Crippen molar-refractivity contribution in [3.05, 3.63) is 41.4 Å². The van der Waals surface area contributed by atoms with Gasteiger partial charge in [-0.2, -0.15) is 13.2 Å². The Bertz CT molecular complexity index is 715. The molecule has 0 bridgehead atoms. The zero-order valence-electron chi connectivity index (χ0n) is 15.4. The van der Waals surface area contributed by atoms with Crippen LogP contribution in [0, 0.1) is 11.7 Å². The first kappa shape index (κ1) is 21.1. The fraction of sp³-hybridized carbons (Fsp3) is 0.526. The molecule has 0 radical (unpaired) electrons. The number of rotatable bonds is 2. The van der Waals surface area contributed by atoms with Gasteiger partial charge in [-0.05, 0) is 63.3 Å². The molecule has 0 spiro atoms. The van der Waals surface area contributed by atoms with E-state index in [0.717, 1.165) is 6.07 Å². The Morgan fingerprint density at radius 2 is 1.81 bits per heavy atom. The lowest BCUT2D eigenvalue weighted by Gasteiger charge is -2.34. The number of hydrogen-bond acceptors (Lipinski definition) is 3. The average Bonchev–Trinajstić information content (AvgIpc) is 2.55. The normalized spacial score (nSPS) is 17.1. The fourth-order valence-electron chi connectivity index (χ4n) is 3.02. The molecule has 0 aliphatic carbocycles. The fourth-order valence-corrected chi connectivity index (χ4v) is 3.02. The lowest BCUT2D eigenvalue weighted by Crippen LogP contribution is -2.41. The van der Waals surface area contributed by atoms with Crippen LogP contribution in [-0.4, -0.2) is 34.8 Å². The number of alkyl halides is 3. The van der Waals surface area contributed by atoms with E-state index in [4.69, 9.17) is 4.74 Å². The van der Waals surface area contributed by atoms with Crippen LogP contribution in [0.2, 0.25) is 0 Å². The molecule has 27 heavy (non-hydrogen) atoms. The first-order chi connectivity index (χ1) is 12.4. The molecule has 2 rings (SSSR count). The molecule has 150 valence electrons. The maximum Gasteiger partial charge on any atom is 0.416 e. The number of aliphatic hydroxyl groups is 1. The molecule has 0 saturated carbocycles. The molecule has 8 heteroatoms. The number of hydrogen-bond donors (Lipinski definition) is 1. The third kappa shape index (κ3) is 5.37. The van der Waals surface area contributed by atoms with E-state index in [9.17, 15) is 27.5 Å². The summed E-state index contributed by atoms with van der Waals surface area (Å²) in [6, 6.07) is 2.12. The lowest BCUT2D eigenvalue weighted by molar-refractivity contribution is -0.137. The van der Waals surface area contributed by atoms with Gasteiger partial charge in [0, 0.05) is 18.7 Å². The van der Waals surface area contributed by atoms with Gasteiger partial charge in [0.05, 0.1) is 11.8 Å². The first-order valence-corrected chi connectivity index (χ1v) is 8.61. The molecule has 1 heterocycles. The minimum Gasteiger partial charge on any atom is -0.515 e. The van der Waals surface area contributed by atoms with Crippen LogP contribution in [-0.2, 0) is 10.9 Å². The summed E-state index contributed by atoms with van der Waals surface area (Å²) >= 11 is 0. The first-order valence-electron chi connectivity index (χ1n) is 8.61. The number of amides is 1. The summed E-state index contributed by atoms with van der Waals surface area (Å²) in [7, 11) is 0. The van der Waals surface area contributed by atoms with E-state index in [1.807, 2.05) is 0 Å². The van der Waals surface area contributed by atoms with Crippen LogP contribution in [0.5, 0.6) is 0 Å². The quantitative estimate of drug-likeness (QED) is 0.545. The van der Waals surface area contributed by atoms with Crippen molar-refractivity contribution in [2.45, 2.75) is 45.4 Å². The summed E-state index contributed by atoms with van der Waals surface area (Å²) in [5, 5.41) is 9.56. The average molecular weight is 389 g/mol. The number of allylic oxidation sites excluding steroid dienone is 1. The van der Waals surface area contributed by atoms with Gasteiger partial charge < -0.3 is 14.7 Å². The Balaban J connectivity index is 2.14. The van der Waals surface area contributed by atoms with Crippen LogP contribution in [0.1, 0.15) is 44.7 Å². The van der Waals surface area contributed by atoms with E-state index >= 15 is 0 Å². The van der Waals surface area contributed by atoms with Crippen molar-refractivity contribution in [3.63, 3.8) is 0 Å². The summed E-state index contributed by atoms with van der Waals surface area (Å²) < 4.78 is 58.2. The number of piperidine rings is 1. The van der Waals surface area contributed by atoms with Gasteiger partial charge >= 0.3 is 12.3 Å². The smallest absolute Gasteiger partial charge is 0.416 e. The van der Waals surface area contributed by atoms with Gasteiger partial charge in [-0.15, -0.1) is 0 Å². The SMILES string of the molecule is CC(C)(C)OC(=O)N1CCC(/C(=C\O)c2cc(C(F)(F)F)ccc2F)CC1. The molecular formula is C19H23F4NO3. The van der Waals surface area contributed by atoms with Gasteiger partial charge in [0.1, 0.15) is 11.4 Å². The number of carbonyl (C=O) groups excluding carboxylic acids is 1. The van der Waals surface area contributed by atoms with Crippen LogP contribution in [0.25, 0.3) is 5.57 Å². The summed E-state index contributed by atoms with van der Waals surface area (Å²) in [6.07, 6.45) is -3.67. The van der Waals surface area contributed by atoms with Crippen molar-refractivity contribution in [2.24, 2.45) is 5.92 Å². The van der Waals surface area contributed by atoms with Gasteiger partial charge in [-0.3, -0.25) is 0 Å². The highest BCUT2D eigenvalue weighted by molar-refractivity contribution is 5.70. The molecule has 1 amide bonds. The second kappa shape index (κ2) is 7.78. The van der Waals surface area contributed by atoms with E-state index < -0.39 is 29.3 Å². The third-order valence-corrected chi connectivity index (χ3v) is 4.33. The molecule has 1 aliphatic heterocycles. The van der Waals surface area contributed by atoms with Gasteiger partial charge in [-0.1, -0.05) is 0 Å². The van der Waals surface area contributed by atoms with Crippen LogP contribution in [0.4, 0.5) is 22.4 Å². The second-order valence-corrected chi connectivity index (χ2v) is 7.52. The Labute approximate surface area is 155 Å². The van der Waals surface area contributed by atoms with Gasteiger partial charge in [0.15, 0.2) is 0 Å². The number of ether oxygens (including phenoxy) is 1. The third-order valence-electron chi connectivity index (χ3n) is 4.33. The van der Waals surface area contributed by atoms with Gasteiger partial charge in [0.2, 0.25) is 0 Å². The highest BCUT2D eigenvalue weighted by Gasteiger charge is 2.33. The highest BCUT2D eigenvalue weighted by Crippen LogP contribution is 2.37. The molecule has 0 aromatic heterocycles. The number of halogens is 4. The second-order valence-electron chi connectivity index (χ2n) is 7.52. The molecule has 0 unspecified atom stereocenters. The topological polar surface area (TPSA) is 49.8 Å². The van der Waals surface area contributed by atoms with Gasteiger partial charge in [0.25, 0.3) is 0 Å². The van der Waals surface area contributed by atoms with E-state index in [2.05, 4.69) is 0 Å². The van der Waals surface area contributed by atoms with E-state index in [1.54, 1.807) is 20.8 Å². The summed E-state index contributed by atoms with van der Waals surface area (Å²) in [5.41, 5.74) is -1.79. The largest absolute Gasteiger partial charge is 0.515 e. The summed E-state index contributed by atoms with van der Waals surface area (Å²) in [6.45, 7) is 5.86. The minimum absolute atomic E-state index is 0.0995. The van der Waals surface area contributed by atoms with Crippen molar-refractivity contribution in [2.75, 3.05) is 13.1 Å². The Kier molecular flexibility index (Phi) is 6.07. The molecular weight excluding hydrogens is 366 g/mol. The minimum atomic E-state index is -4.61. The van der Waals surface area contributed by atoms with Crippen molar-refractivity contribution in [1.82, 2.24) is 4.90 Å². The van der Waals surface area contributed by atoms with Crippen molar-refractivity contribution in [3.8, 4) is 0 Å². The maximum atomic E-state index is 14.1. The monoisotopic (exact) mass is 389 g/mol. The maximum absolute atomic E-state index is 14.1. The molecule has 1 aromatic rings. The zero-order chi connectivity index (χ0) is 20.4. The Hall–Kier alpha value is -2.25. The molecule has 1 saturated heterocycles. The van der Waals surface area contributed by atoms with Crippen LogP contribution < -0.4 is 0 Å². The summed E-state index contributed by atoms with van der Waals surface area (Å²) in [4.78, 5) is 13.6. The number of aliphatic hydroxyl groups excluding tert-OH is 1. The zero-order valence-corrected chi connectivity index (χ0v) is 15.4. The van der Waals surface area contributed by atoms with Crippen molar-refractivity contribution in [1.29, 1.82) is 0 Å². The van der Waals surface area contributed by atoms with E-state index in [-0.39, 0.29) is 17.1 Å². The summed E-state index contributed by atoms with van der Waals surface area (Å²) in [5.74, 6) is -1.20. The predicted octanol–water partition coefficient (Wildman–Crippen LogP) is 5.39. The molecule has 1 aromatic carbocycles. The highest BCUT2D eigenvalue weighted by atomic mass is 19.4. The van der Waals surface area contributed by atoms with Gasteiger partial charge in [-0.25, -0.2) is 9.18 Å². The van der Waals surface area contributed by atoms with E-state index in [0.29, 0.717) is 44.3 Å². The van der Waals surface area contributed by atoms with Crippen molar-refractivity contribution >= 4 is 11.7 Å². The number of likely N-dealkylation sites (tertiary alicyclic amines) is 1. The molecule has 1 aliphatic rings. The standard InChI is InChI=1S/C19H23F4NO3/c1-18(2,3)27-17(26)24-8-6-12(7-9-24)15(11-25)14-10-13(19(21,22)23)4-5-16(14)20/h4-5,10-12,25H,6-9H2,1-3H3/b15-11+. The van der Waals surface area contributed by atoms with E-state index in [1.165, 1.54) is 4.90 Å². The number of carbonyl (C=O) groups is 1. The molecule has 1 fully saturated rings. The number of benzene rings is 1. The lowest BCUT2D eigenvalue weighted by atomic mass is 9.85. The molecule has 0 atom stereocenters. The molecule has 4 nitrogen and oxygen atoms in total. The van der Waals surface area contributed by atoms with Crippen LogP contribution in [0.15, 0.2) is 24.5 Å².